The van der Waals surface area contributed by atoms with E-state index in [4.69, 9.17) is 4.74 Å². The Kier molecular flexibility index (Phi) is 4.59. The predicted octanol–water partition coefficient (Wildman–Crippen LogP) is 1.36. The van der Waals surface area contributed by atoms with Crippen LogP contribution >= 0.6 is 11.8 Å². The van der Waals surface area contributed by atoms with Gasteiger partial charge in [0.1, 0.15) is 6.04 Å². The van der Waals surface area contributed by atoms with E-state index in [0.717, 1.165) is 32.3 Å². The van der Waals surface area contributed by atoms with E-state index in [2.05, 4.69) is 5.32 Å². The fourth-order valence-electron chi connectivity index (χ4n) is 3.01. The van der Waals surface area contributed by atoms with Gasteiger partial charge in [-0.05, 0) is 37.5 Å². The van der Waals surface area contributed by atoms with E-state index < -0.39 is 12.0 Å². The molecular formula is C14H22N2O4S. The van der Waals surface area contributed by atoms with E-state index in [-0.39, 0.29) is 11.4 Å². The first-order chi connectivity index (χ1) is 10.2. The number of nitrogens with one attached hydrogen (secondary N) is 1. The normalized spacial score (nSPS) is 33.0. The first kappa shape index (κ1) is 15.0. The van der Waals surface area contributed by atoms with Gasteiger partial charge < -0.3 is 15.2 Å². The molecule has 2 N–H and O–H groups in total. The Hall–Kier alpha value is -0.950. The zero-order chi connectivity index (χ0) is 14.8. The summed E-state index contributed by atoms with van der Waals surface area (Å²) in [5, 5.41) is 12.3. The number of urea groups is 1. The smallest absolute Gasteiger partial charge is 0.327 e. The molecule has 3 fully saturated rings. The molecule has 3 atom stereocenters. The first-order valence-corrected chi connectivity index (χ1v) is 8.70. The Morgan fingerprint density at radius 3 is 2.76 bits per heavy atom. The quantitative estimate of drug-likeness (QED) is 0.819. The lowest BCUT2D eigenvalue weighted by atomic mass is 10.0. The Morgan fingerprint density at radius 2 is 2.14 bits per heavy atom. The van der Waals surface area contributed by atoms with Gasteiger partial charge in [-0.1, -0.05) is 0 Å². The molecule has 0 aromatic carbocycles. The van der Waals surface area contributed by atoms with Crippen LogP contribution in [0.4, 0.5) is 4.79 Å². The number of hydrogen-bond acceptors (Lipinski definition) is 4. The van der Waals surface area contributed by atoms with E-state index in [1.807, 2.05) is 0 Å². The van der Waals surface area contributed by atoms with Crippen molar-refractivity contribution in [1.29, 1.82) is 0 Å². The Labute approximate surface area is 128 Å². The molecule has 3 rings (SSSR count). The van der Waals surface area contributed by atoms with E-state index in [0.29, 0.717) is 30.7 Å². The maximum Gasteiger partial charge on any atom is 0.327 e. The maximum absolute atomic E-state index is 12.4. The van der Waals surface area contributed by atoms with Crippen molar-refractivity contribution in [1.82, 2.24) is 10.2 Å². The van der Waals surface area contributed by atoms with E-state index >= 15 is 0 Å². The lowest BCUT2D eigenvalue weighted by Crippen LogP contribution is -2.51. The Morgan fingerprint density at radius 1 is 1.33 bits per heavy atom. The minimum atomic E-state index is -0.901. The number of carboxylic acid groups (broad SMARTS) is 1. The van der Waals surface area contributed by atoms with Gasteiger partial charge in [0.15, 0.2) is 0 Å². The summed E-state index contributed by atoms with van der Waals surface area (Å²) in [6.07, 6.45) is 4.29. The molecule has 3 aliphatic rings. The SMILES string of the molecule is O=C(O)C1CSC(C2CC2)N1C(=O)NCC1CCCOC1. The van der Waals surface area contributed by atoms with E-state index in [1.54, 1.807) is 16.7 Å². The van der Waals surface area contributed by atoms with Crippen molar-refractivity contribution in [3.63, 3.8) is 0 Å². The van der Waals surface area contributed by atoms with Crippen LogP contribution < -0.4 is 5.32 Å². The molecule has 1 aliphatic carbocycles. The van der Waals surface area contributed by atoms with Gasteiger partial charge in [-0.25, -0.2) is 9.59 Å². The molecule has 3 unspecified atom stereocenters. The summed E-state index contributed by atoms with van der Waals surface area (Å²) in [5.74, 6) is 0.418. The standard InChI is InChI=1S/C14H22N2O4S/c17-13(18)11-8-21-12(10-3-4-10)16(11)14(19)15-6-9-2-1-5-20-7-9/h9-12H,1-8H2,(H,15,19)(H,17,18). The largest absolute Gasteiger partial charge is 0.480 e. The van der Waals surface area contributed by atoms with Crippen molar-refractivity contribution in [2.75, 3.05) is 25.5 Å². The number of aliphatic carboxylic acids is 1. The van der Waals surface area contributed by atoms with Crippen LogP contribution in [0.15, 0.2) is 0 Å². The highest BCUT2D eigenvalue weighted by atomic mass is 32.2. The molecule has 0 bridgehead atoms. The third-order valence-electron chi connectivity index (χ3n) is 4.38. The molecular weight excluding hydrogens is 292 g/mol. The summed E-state index contributed by atoms with van der Waals surface area (Å²) in [5.41, 5.74) is 0. The van der Waals surface area contributed by atoms with Gasteiger partial charge in [-0.3, -0.25) is 4.90 Å². The van der Waals surface area contributed by atoms with Gasteiger partial charge >= 0.3 is 12.0 Å². The molecule has 7 heteroatoms. The summed E-state index contributed by atoms with van der Waals surface area (Å²) in [6, 6.07) is -0.918. The zero-order valence-corrected chi connectivity index (χ0v) is 12.8. The Bertz CT molecular complexity index is 410. The lowest BCUT2D eigenvalue weighted by Gasteiger charge is -2.29. The number of hydrogen-bond donors (Lipinski definition) is 2. The number of carboxylic acids is 1. The van der Waals surface area contributed by atoms with Crippen LogP contribution in [-0.2, 0) is 9.53 Å². The molecule has 0 spiro atoms. The van der Waals surface area contributed by atoms with Gasteiger partial charge in [-0.2, -0.15) is 0 Å². The van der Waals surface area contributed by atoms with Crippen LogP contribution in [0.3, 0.4) is 0 Å². The molecule has 21 heavy (non-hydrogen) atoms. The van der Waals surface area contributed by atoms with Gasteiger partial charge in [0, 0.05) is 18.9 Å². The van der Waals surface area contributed by atoms with Crippen molar-refractivity contribution in [3.05, 3.63) is 0 Å². The molecule has 0 aromatic heterocycles. The van der Waals surface area contributed by atoms with Crippen molar-refractivity contribution in [3.8, 4) is 0 Å². The van der Waals surface area contributed by atoms with Crippen molar-refractivity contribution in [2.24, 2.45) is 11.8 Å². The molecule has 6 nitrogen and oxygen atoms in total. The molecule has 2 heterocycles. The summed E-state index contributed by atoms with van der Waals surface area (Å²) in [4.78, 5) is 25.4. The van der Waals surface area contributed by atoms with E-state index in [1.165, 1.54) is 0 Å². The highest BCUT2D eigenvalue weighted by Crippen LogP contribution is 2.45. The van der Waals surface area contributed by atoms with Gasteiger partial charge in [0.2, 0.25) is 0 Å². The van der Waals surface area contributed by atoms with Crippen LogP contribution in [0.2, 0.25) is 0 Å². The second-order valence-corrected chi connectivity index (χ2v) is 7.24. The maximum atomic E-state index is 12.4. The number of thioether (sulfide) groups is 1. The third kappa shape index (κ3) is 3.45. The summed E-state index contributed by atoms with van der Waals surface area (Å²) in [6.45, 7) is 2.06. The molecule has 0 aromatic rings. The van der Waals surface area contributed by atoms with Gasteiger partial charge in [0.25, 0.3) is 0 Å². The monoisotopic (exact) mass is 314 g/mol. The summed E-state index contributed by atoms with van der Waals surface area (Å²) >= 11 is 1.61. The molecule has 2 amide bonds. The molecule has 0 radical (unpaired) electrons. The van der Waals surface area contributed by atoms with Crippen LogP contribution in [0.5, 0.6) is 0 Å². The molecule has 1 saturated carbocycles. The van der Waals surface area contributed by atoms with Gasteiger partial charge in [-0.15, -0.1) is 11.8 Å². The number of carbonyl (C=O) groups excluding carboxylic acids is 1. The van der Waals surface area contributed by atoms with Crippen LogP contribution in [0.1, 0.15) is 25.7 Å². The van der Waals surface area contributed by atoms with Gasteiger partial charge in [0.05, 0.1) is 12.0 Å². The van der Waals surface area contributed by atoms with Crippen LogP contribution in [0.25, 0.3) is 0 Å². The zero-order valence-electron chi connectivity index (χ0n) is 12.0. The third-order valence-corrected chi connectivity index (χ3v) is 5.84. The minimum absolute atomic E-state index is 0.0358. The molecule has 2 aliphatic heterocycles. The van der Waals surface area contributed by atoms with E-state index in [9.17, 15) is 14.7 Å². The number of rotatable bonds is 4. The van der Waals surface area contributed by atoms with Crippen molar-refractivity contribution in [2.45, 2.75) is 37.1 Å². The van der Waals surface area contributed by atoms with Crippen molar-refractivity contribution < 1.29 is 19.4 Å². The predicted molar refractivity (Wildman–Crippen MR) is 79.2 cm³/mol. The van der Waals surface area contributed by atoms with Crippen LogP contribution in [-0.4, -0.2) is 58.9 Å². The topological polar surface area (TPSA) is 78.9 Å². The summed E-state index contributed by atoms with van der Waals surface area (Å²) in [7, 11) is 0. The fourth-order valence-corrected chi connectivity index (χ4v) is 4.64. The first-order valence-electron chi connectivity index (χ1n) is 7.65. The minimum Gasteiger partial charge on any atom is -0.480 e. The lowest BCUT2D eigenvalue weighted by molar-refractivity contribution is -0.141. The summed E-state index contributed by atoms with van der Waals surface area (Å²) < 4.78 is 5.41. The highest BCUT2D eigenvalue weighted by Gasteiger charge is 2.48. The molecule has 2 saturated heterocycles. The average Bonchev–Trinajstić information content (AvgIpc) is 3.24. The van der Waals surface area contributed by atoms with Crippen LogP contribution in [0, 0.1) is 11.8 Å². The average molecular weight is 314 g/mol. The molecule has 118 valence electrons. The second-order valence-electron chi connectivity index (χ2n) is 6.09. The Balaban J connectivity index is 1.58. The van der Waals surface area contributed by atoms with Crippen molar-refractivity contribution >= 4 is 23.8 Å². The number of carbonyl (C=O) groups is 2. The second kappa shape index (κ2) is 6.44. The number of amides is 2. The highest BCUT2D eigenvalue weighted by molar-refractivity contribution is 8.00. The fraction of sp³-hybridized carbons (Fsp3) is 0.857. The number of ether oxygens (including phenoxy) is 1. The number of nitrogens with zero attached hydrogens (tertiary/aromatic N) is 1.